The molecule has 1 aromatic carbocycles. The van der Waals surface area contributed by atoms with Gasteiger partial charge in [0.25, 0.3) is 0 Å². The molecule has 1 aromatic rings. The summed E-state index contributed by atoms with van der Waals surface area (Å²) in [6.07, 6.45) is 3.92. The molecule has 26 heavy (non-hydrogen) atoms. The third-order valence-electron chi connectivity index (χ3n) is 5.01. The number of nitrogens with one attached hydrogen (secondary N) is 2. The Morgan fingerprint density at radius 1 is 1.00 bits per heavy atom. The summed E-state index contributed by atoms with van der Waals surface area (Å²) in [6, 6.07) is 9.72. The number of piperidine rings is 1. The van der Waals surface area contributed by atoms with E-state index in [2.05, 4.69) is 10.6 Å². The van der Waals surface area contributed by atoms with Gasteiger partial charge in [-0.2, -0.15) is 0 Å². The van der Waals surface area contributed by atoms with Gasteiger partial charge in [-0.3, -0.25) is 14.4 Å². The second kappa shape index (κ2) is 8.83. The molecule has 0 aromatic heterocycles. The molecule has 3 amide bonds. The van der Waals surface area contributed by atoms with E-state index in [0.29, 0.717) is 19.6 Å². The number of carbonyl (C=O) groups is 3. The van der Waals surface area contributed by atoms with Crippen LogP contribution in [0.3, 0.4) is 0 Å². The Labute approximate surface area is 154 Å². The number of hydrogen-bond acceptors (Lipinski definition) is 3. The third-order valence-corrected chi connectivity index (χ3v) is 5.01. The Morgan fingerprint density at radius 2 is 1.77 bits per heavy atom. The van der Waals surface area contributed by atoms with Crippen LogP contribution in [0.5, 0.6) is 0 Å². The number of carbonyl (C=O) groups excluding carboxylic acids is 3. The molecule has 1 saturated carbocycles. The highest BCUT2D eigenvalue weighted by Crippen LogP contribution is 2.32. The van der Waals surface area contributed by atoms with Gasteiger partial charge in [0.2, 0.25) is 17.7 Å². The van der Waals surface area contributed by atoms with E-state index in [9.17, 15) is 14.4 Å². The Morgan fingerprint density at radius 3 is 2.50 bits per heavy atom. The zero-order valence-corrected chi connectivity index (χ0v) is 15.1. The fourth-order valence-corrected chi connectivity index (χ4v) is 3.31. The van der Waals surface area contributed by atoms with E-state index >= 15 is 0 Å². The maximum Gasteiger partial charge on any atom is 0.225 e. The predicted molar refractivity (Wildman–Crippen MR) is 97.9 cm³/mol. The third kappa shape index (κ3) is 5.31. The van der Waals surface area contributed by atoms with Gasteiger partial charge in [-0.15, -0.1) is 0 Å². The van der Waals surface area contributed by atoms with E-state index in [1.54, 1.807) is 0 Å². The second-order valence-corrected chi connectivity index (χ2v) is 7.20. The van der Waals surface area contributed by atoms with E-state index in [-0.39, 0.29) is 36.0 Å². The smallest absolute Gasteiger partial charge is 0.225 e. The number of likely N-dealkylation sites (tertiary alicyclic amines) is 1. The highest BCUT2D eigenvalue weighted by atomic mass is 16.2. The van der Waals surface area contributed by atoms with Crippen molar-refractivity contribution in [2.24, 2.45) is 11.8 Å². The average Bonchev–Trinajstić information content (AvgIpc) is 3.52. The summed E-state index contributed by atoms with van der Waals surface area (Å²) < 4.78 is 0. The summed E-state index contributed by atoms with van der Waals surface area (Å²) in [6.45, 7) is 2.10. The van der Waals surface area contributed by atoms with Crippen LogP contribution in [0, 0.1) is 11.8 Å². The normalized spacial score (nSPS) is 19.7. The van der Waals surface area contributed by atoms with Crippen LogP contribution in [0.2, 0.25) is 0 Å². The van der Waals surface area contributed by atoms with E-state index in [1.807, 2.05) is 35.2 Å². The largest absolute Gasteiger partial charge is 0.355 e. The van der Waals surface area contributed by atoms with Crippen LogP contribution < -0.4 is 10.6 Å². The SMILES string of the molecule is O=C(CCNC(=O)C1CCCN(C(=O)C2CC2)C1)NCc1ccccc1. The zero-order chi connectivity index (χ0) is 18.4. The fourth-order valence-electron chi connectivity index (χ4n) is 3.31. The average molecular weight is 357 g/mol. The molecule has 1 heterocycles. The topological polar surface area (TPSA) is 78.5 Å². The van der Waals surface area contributed by atoms with Gasteiger partial charge in [-0.1, -0.05) is 30.3 Å². The van der Waals surface area contributed by atoms with Crippen molar-refractivity contribution < 1.29 is 14.4 Å². The van der Waals surface area contributed by atoms with Gasteiger partial charge in [0.15, 0.2) is 0 Å². The van der Waals surface area contributed by atoms with Crippen LogP contribution in [-0.2, 0) is 20.9 Å². The lowest BCUT2D eigenvalue weighted by Gasteiger charge is -2.32. The summed E-state index contributed by atoms with van der Waals surface area (Å²) in [7, 11) is 0. The van der Waals surface area contributed by atoms with Gasteiger partial charge in [0.1, 0.15) is 0 Å². The molecule has 3 rings (SSSR count). The van der Waals surface area contributed by atoms with Crippen molar-refractivity contribution in [1.29, 1.82) is 0 Å². The molecule has 2 aliphatic rings. The van der Waals surface area contributed by atoms with Gasteiger partial charge >= 0.3 is 0 Å². The van der Waals surface area contributed by atoms with Crippen LogP contribution in [0.4, 0.5) is 0 Å². The maximum atomic E-state index is 12.3. The molecule has 2 N–H and O–H groups in total. The Hall–Kier alpha value is -2.37. The van der Waals surface area contributed by atoms with Crippen LogP contribution in [-0.4, -0.2) is 42.3 Å². The maximum absolute atomic E-state index is 12.3. The molecule has 1 aliphatic carbocycles. The molecule has 1 unspecified atom stereocenters. The molecule has 0 spiro atoms. The highest BCUT2D eigenvalue weighted by Gasteiger charge is 2.36. The van der Waals surface area contributed by atoms with E-state index < -0.39 is 0 Å². The Kier molecular flexibility index (Phi) is 6.26. The summed E-state index contributed by atoms with van der Waals surface area (Å²) >= 11 is 0. The Bertz CT molecular complexity index is 643. The standard InChI is InChI=1S/C20H27N3O3/c24-18(22-13-15-5-2-1-3-6-15)10-11-21-19(25)17-7-4-12-23(14-17)20(26)16-8-9-16/h1-3,5-6,16-17H,4,7-14H2,(H,21,25)(H,22,24). The number of hydrogen-bond donors (Lipinski definition) is 2. The molecule has 140 valence electrons. The first-order valence-electron chi connectivity index (χ1n) is 9.50. The number of amides is 3. The highest BCUT2D eigenvalue weighted by molar-refractivity contribution is 5.84. The van der Waals surface area contributed by atoms with Crippen molar-refractivity contribution >= 4 is 17.7 Å². The molecule has 0 radical (unpaired) electrons. The lowest BCUT2D eigenvalue weighted by atomic mass is 9.96. The summed E-state index contributed by atoms with van der Waals surface area (Å²) in [5, 5.41) is 5.70. The molecular weight excluding hydrogens is 330 g/mol. The van der Waals surface area contributed by atoms with E-state index in [4.69, 9.17) is 0 Å². The minimum absolute atomic E-state index is 0.0471. The first-order chi connectivity index (χ1) is 12.6. The quantitative estimate of drug-likeness (QED) is 0.775. The van der Waals surface area contributed by atoms with Crippen molar-refractivity contribution in [2.45, 2.75) is 38.6 Å². The molecule has 1 aliphatic heterocycles. The van der Waals surface area contributed by atoms with Gasteiger partial charge < -0.3 is 15.5 Å². The molecule has 0 bridgehead atoms. The lowest BCUT2D eigenvalue weighted by Crippen LogP contribution is -2.46. The van der Waals surface area contributed by atoms with Crippen LogP contribution >= 0.6 is 0 Å². The predicted octanol–water partition coefficient (Wildman–Crippen LogP) is 1.46. The van der Waals surface area contributed by atoms with Crippen molar-refractivity contribution in [3.05, 3.63) is 35.9 Å². The van der Waals surface area contributed by atoms with Crippen molar-refractivity contribution in [3.8, 4) is 0 Å². The first kappa shape index (κ1) is 18.4. The lowest BCUT2D eigenvalue weighted by molar-refractivity contribution is -0.136. The molecule has 2 fully saturated rings. The van der Waals surface area contributed by atoms with Gasteiger partial charge in [-0.05, 0) is 31.2 Å². The van der Waals surface area contributed by atoms with E-state index in [0.717, 1.165) is 37.8 Å². The van der Waals surface area contributed by atoms with E-state index in [1.165, 1.54) is 0 Å². The summed E-state index contributed by atoms with van der Waals surface area (Å²) in [4.78, 5) is 38.2. The monoisotopic (exact) mass is 357 g/mol. The molecular formula is C20H27N3O3. The van der Waals surface area contributed by atoms with Crippen LogP contribution in [0.15, 0.2) is 30.3 Å². The molecule has 1 saturated heterocycles. The molecule has 6 nitrogen and oxygen atoms in total. The summed E-state index contributed by atoms with van der Waals surface area (Å²) in [5.41, 5.74) is 1.05. The second-order valence-electron chi connectivity index (χ2n) is 7.20. The van der Waals surface area contributed by atoms with Crippen LogP contribution in [0.25, 0.3) is 0 Å². The number of rotatable bonds is 7. The Balaban J connectivity index is 1.34. The molecule has 1 atom stereocenters. The summed E-state index contributed by atoms with van der Waals surface area (Å²) in [5.74, 6) is 0.129. The van der Waals surface area contributed by atoms with Crippen LogP contribution in [0.1, 0.15) is 37.7 Å². The first-order valence-corrected chi connectivity index (χ1v) is 9.50. The minimum atomic E-state index is -0.154. The number of nitrogens with zero attached hydrogens (tertiary/aromatic N) is 1. The van der Waals surface area contributed by atoms with Gasteiger partial charge in [-0.25, -0.2) is 0 Å². The minimum Gasteiger partial charge on any atom is -0.355 e. The van der Waals surface area contributed by atoms with Crippen molar-refractivity contribution in [3.63, 3.8) is 0 Å². The zero-order valence-electron chi connectivity index (χ0n) is 15.1. The van der Waals surface area contributed by atoms with Crippen molar-refractivity contribution in [2.75, 3.05) is 19.6 Å². The number of benzene rings is 1. The fraction of sp³-hybridized carbons (Fsp3) is 0.550. The van der Waals surface area contributed by atoms with Gasteiger partial charge in [0.05, 0.1) is 5.92 Å². The van der Waals surface area contributed by atoms with Gasteiger partial charge in [0, 0.05) is 38.5 Å². The van der Waals surface area contributed by atoms with Crippen molar-refractivity contribution in [1.82, 2.24) is 15.5 Å². The molecule has 6 heteroatoms.